The highest BCUT2D eigenvalue weighted by Gasteiger charge is 2.25. The minimum atomic E-state index is 0.628. The molecule has 106 valence electrons. The number of benzene rings is 1. The fourth-order valence-corrected chi connectivity index (χ4v) is 3.61. The molecule has 2 rings (SSSR count). The molecule has 2 unspecified atom stereocenters. The largest absolute Gasteiger partial charge is 0.367 e. The first-order valence-corrected chi connectivity index (χ1v) is 8.45. The van der Waals surface area contributed by atoms with Gasteiger partial charge in [-0.2, -0.15) is 11.8 Å². The van der Waals surface area contributed by atoms with Crippen LogP contribution in [-0.2, 0) is 6.54 Å². The quantitative estimate of drug-likeness (QED) is 0.830. The molecule has 1 saturated heterocycles. The molecule has 0 saturated carbocycles. The third-order valence-electron chi connectivity index (χ3n) is 3.91. The highest BCUT2D eigenvalue weighted by atomic mass is 32.2. The summed E-state index contributed by atoms with van der Waals surface area (Å²) in [6.45, 7) is 10.1. The lowest BCUT2D eigenvalue weighted by atomic mass is 10.1. The van der Waals surface area contributed by atoms with Gasteiger partial charge in [-0.25, -0.2) is 0 Å². The van der Waals surface area contributed by atoms with E-state index in [1.54, 1.807) is 0 Å². The summed E-state index contributed by atoms with van der Waals surface area (Å²) >= 11 is 2.09. The van der Waals surface area contributed by atoms with Crippen LogP contribution in [0.25, 0.3) is 0 Å². The van der Waals surface area contributed by atoms with Crippen LogP contribution in [0.3, 0.4) is 0 Å². The maximum absolute atomic E-state index is 3.45. The summed E-state index contributed by atoms with van der Waals surface area (Å²) in [6, 6.07) is 9.71. The summed E-state index contributed by atoms with van der Waals surface area (Å²) in [7, 11) is 0. The van der Waals surface area contributed by atoms with Crippen molar-refractivity contribution in [2.75, 3.05) is 23.7 Å². The van der Waals surface area contributed by atoms with Crippen LogP contribution in [0.5, 0.6) is 0 Å². The Morgan fingerprint density at radius 2 is 2.00 bits per heavy atom. The first kappa shape index (κ1) is 14.7. The van der Waals surface area contributed by atoms with Crippen molar-refractivity contribution in [1.82, 2.24) is 5.32 Å². The molecular weight excluding hydrogens is 252 g/mol. The van der Waals surface area contributed by atoms with Gasteiger partial charge in [0.05, 0.1) is 0 Å². The Morgan fingerprint density at radius 1 is 1.26 bits per heavy atom. The molecule has 3 heteroatoms. The summed E-state index contributed by atoms with van der Waals surface area (Å²) in [5, 5.41) is 4.17. The number of nitrogens with zero attached hydrogens (tertiary/aromatic N) is 1. The third-order valence-corrected chi connectivity index (χ3v) is 5.25. The van der Waals surface area contributed by atoms with Crippen LogP contribution in [-0.4, -0.2) is 30.1 Å². The zero-order valence-corrected chi connectivity index (χ0v) is 13.2. The van der Waals surface area contributed by atoms with Crippen molar-refractivity contribution in [3.63, 3.8) is 0 Å². The van der Waals surface area contributed by atoms with E-state index in [2.05, 4.69) is 67.0 Å². The van der Waals surface area contributed by atoms with E-state index in [0.717, 1.165) is 18.3 Å². The van der Waals surface area contributed by atoms with Gasteiger partial charge in [-0.05, 0) is 37.6 Å². The number of hydrogen-bond donors (Lipinski definition) is 1. The molecule has 1 fully saturated rings. The monoisotopic (exact) mass is 278 g/mol. The molecular formula is C16H26N2S. The van der Waals surface area contributed by atoms with Crippen molar-refractivity contribution in [2.45, 2.75) is 45.0 Å². The highest BCUT2D eigenvalue weighted by molar-refractivity contribution is 8.00. The van der Waals surface area contributed by atoms with Gasteiger partial charge in [-0.1, -0.05) is 26.0 Å². The molecule has 1 aliphatic rings. The lowest BCUT2D eigenvalue weighted by Gasteiger charge is -2.39. The third kappa shape index (κ3) is 3.90. The zero-order chi connectivity index (χ0) is 13.7. The van der Waals surface area contributed by atoms with Crippen LogP contribution in [0.2, 0.25) is 0 Å². The number of nitrogens with one attached hydrogen (secondary N) is 1. The number of hydrogen-bond acceptors (Lipinski definition) is 3. The maximum atomic E-state index is 3.45. The molecule has 0 aromatic heterocycles. The van der Waals surface area contributed by atoms with E-state index in [1.165, 1.54) is 30.0 Å². The predicted molar refractivity (Wildman–Crippen MR) is 87.2 cm³/mol. The lowest BCUT2D eigenvalue weighted by molar-refractivity contribution is 0.627. The first-order chi connectivity index (χ1) is 9.22. The maximum Gasteiger partial charge on any atom is 0.0378 e. The summed E-state index contributed by atoms with van der Waals surface area (Å²) in [4.78, 5) is 2.55. The number of rotatable bonds is 5. The van der Waals surface area contributed by atoms with Crippen molar-refractivity contribution in [1.29, 1.82) is 0 Å². The van der Waals surface area contributed by atoms with E-state index in [4.69, 9.17) is 0 Å². The topological polar surface area (TPSA) is 15.3 Å². The van der Waals surface area contributed by atoms with E-state index in [0.29, 0.717) is 6.04 Å². The first-order valence-electron chi connectivity index (χ1n) is 7.40. The molecule has 0 bridgehead atoms. The van der Waals surface area contributed by atoms with Crippen LogP contribution in [0.1, 0.15) is 32.8 Å². The Balaban J connectivity index is 1.97. The Labute approximate surface area is 122 Å². The molecule has 0 aliphatic carbocycles. The minimum absolute atomic E-state index is 0.628. The van der Waals surface area contributed by atoms with Crippen molar-refractivity contribution in [2.24, 2.45) is 0 Å². The SMILES string of the molecule is CCCNCc1ccc(N2CCSC(C)C2C)cc1. The van der Waals surface area contributed by atoms with Crippen molar-refractivity contribution in [3.05, 3.63) is 29.8 Å². The normalized spacial score (nSPS) is 23.6. The minimum Gasteiger partial charge on any atom is -0.367 e. The van der Waals surface area contributed by atoms with Crippen molar-refractivity contribution < 1.29 is 0 Å². The van der Waals surface area contributed by atoms with Crippen LogP contribution in [0, 0.1) is 0 Å². The molecule has 0 radical (unpaired) electrons. The van der Waals surface area contributed by atoms with E-state index in [-0.39, 0.29) is 0 Å². The Hall–Kier alpha value is -0.670. The van der Waals surface area contributed by atoms with Gasteiger partial charge < -0.3 is 10.2 Å². The van der Waals surface area contributed by atoms with Crippen LogP contribution < -0.4 is 10.2 Å². The van der Waals surface area contributed by atoms with Crippen LogP contribution >= 0.6 is 11.8 Å². The molecule has 2 atom stereocenters. The Morgan fingerprint density at radius 3 is 2.68 bits per heavy atom. The van der Waals surface area contributed by atoms with Crippen LogP contribution in [0.4, 0.5) is 5.69 Å². The van der Waals surface area contributed by atoms with Gasteiger partial charge in [0.25, 0.3) is 0 Å². The van der Waals surface area contributed by atoms with Gasteiger partial charge in [0.15, 0.2) is 0 Å². The molecule has 1 N–H and O–H groups in total. The van der Waals surface area contributed by atoms with Gasteiger partial charge in [0.1, 0.15) is 0 Å². The molecule has 1 aliphatic heterocycles. The molecule has 19 heavy (non-hydrogen) atoms. The molecule has 0 spiro atoms. The molecule has 1 aromatic rings. The average Bonchev–Trinajstić information content (AvgIpc) is 2.43. The standard InChI is InChI=1S/C16H26N2S/c1-4-9-17-12-15-5-7-16(8-6-15)18-10-11-19-14(3)13(18)2/h5-8,13-14,17H,4,9-12H2,1-3H3. The predicted octanol–water partition coefficient (Wildman–Crippen LogP) is 3.52. The van der Waals surface area contributed by atoms with E-state index in [9.17, 15) is 0 Å². The van der Waals surface area contributed by atoms with E-state index in [1.807, 2.05) is 0 Å². The fraction of sp³-hybridized carbons (Fsp3) is 0.625. The van der Waals surface area contributed by atoms with Gasteiger partial charge in [0, 0.05) is 35.8 Å². The second-order valence-corrected chi connectivity index (χ2v) is 6.84. The summed E-state index contributed by atoms with van der Waals surface area (Å²) in [5.41, 5.74) is 2.75. The van der Waals surface area contributed by atoms with Crippen LogP contribution in [0.15, 0.2) is 24.3 Å². The molecule has 2 nitrogen and oxygen atoms in total. The number of anilines is 1. The molecule has 1 aromatic carbocycles. The summed E-state index contributed by atoms with van der Waals surface area (Å²) < 4.78 is 0. The van der Waals surface area contributed by atoms with Gasteiger partial charge >= 0.3 is 0 Å². The lowest BCUT2D eigenvalue weighted by Crippen LogP contribution is -2.44. The van der Waals surface area contributed by atoms with Crippen molar-refractivity contribution in [3.8, 4) is 0 Å². The number of thioether (sulfide) groups is 1. The Kier molecular flexibility index (Phi) is 5.59. The molecule has 0 amide bonds. The van der Waals surface area contributed by atoms with Gasteiger partial charge in [-0.15, -0.1) is 0 Å². The van der Waals surface area contributed by atoms with Crippen molar-refractivity contribution >= 4 is 17.4 Å². The summed E-state index contributed by atoms with van der Waals surface area (Å²) in [6.07, 6.45) is 1.19. The van der Waals surface area contributed by atoms with E-state index < -0.39 is 0 Å². The Bertz CT molecular complexity index is 377. The van der Waals surface area contributed by atoms with Gasteiger partial charge in [0.2, 0.25) is 0 Å². The van der Waals surface area contributed by atoms with Gasteiger partial charge in [-0.3, -0.25) is 0 Å². The smallest absolute Gasteiger partial charge is 0.0378 e. The summed E-state index contributed by atoms with van der Waals surface area (Å²) in [5.74, 6) is 1.24. The average molecular weight is 278 g/mol. The zero-order valence-electron chi connectivity index (χ0n) is 12.4. The highest BCUT2D eigenvalue weighted by Crippen LogP contribution is 2.29. The second kappa shape index (κ2) is 7.20. The molecule has 1 heterocycles. The van der Waals surface area contributed by atoms with E-state index >= 15 is 0 Å². The fourth-order valence-electron chi connectivity index (χ4n) is 2.51. The second-order valence-electron chi connectivity index (χ2n) is 5.35.